The first-order valence-corrected chi connectivity index (χ1v) is 9.56. The zero-order valence-corrected chi connectivity index (χ0v) is 16.6. The highest BCUT2D eigenvalue weighted by atomic mass is 35.5. The monoisotopic (exact) mass is 408 g/mol. The highest BCUT2D eigenvalue weighted by Gasteiger charge is 2.22. The molecule has 0 unspecified atom stereocenters. The van der Waals surface area contributed by atoms with Gasteiger partial charge in [-0.1, -0.05) is 23.4 Å². The van der Waals surface area contributed by atoms with Crippen molar-refractivity contribution >= 4 is 35.0 Å². The van der Waals surface area contributed by atoms with E-state index in [4.69, 9.17) is 16.0 Å². The number of hydrogen-bond acceptors (Lipinski definition) is 5. The van der Waals surface area contributed by atoms with Crippen molar-refractivity contribution in [3.63, 3.8) is 0 Å². The molecule has 1 aromatic carbocycles. The molecular weight excluding hydrogens is 391 g/mol. The van der Waals surface area contributed by atoms with E-state index >= 15 is 0 Å². The van der Waals surface area contributed by atoms with Crippen LogP contribution in [0.2, 0.25) is 5.02 Å². The highest BCUT2D eigenvalue weighted by Crippen LogP contribution is 2.30. The summed E-state index contributed by atoms with van der Waals surface area (Å²) in [5.41, 5.74) is 1.23. The van der Waals surface area contributed by atoms with E-state index in [1.54, 1.807) is 13.2 Å². The number of furan rings is 1. The smallest absolute Gasteiger partial charge is 0.237 e. The maximum atomic E-state index is 13.1. The van der Waals surface area contributed by atoms with Gasteiger partial charge in [-0.05, 0) is 45.0 Å². The molecule has 0 aliphatic heterocycles. The van der Waals surface area contributed by atoms with Gasteiger partial charge in [0.05, 0.1) is 27.8 Å². The van der Waals surface area contributed by atoms with Gasteiger partial charge >= 0.3 is 0 Å². The molecule has 6 nitrogen and oxygen atoms in total. The van der Waals surface area contributed by atoms with Crippen molar-refractivity contribution in [1.29, 1.82) is 0 Å². The van der Waals surface area contributed by atoms with Crippen LogP contribution in [-0.4, -0.2) is 25.9 Å². The van der Waals surface area contributed by atoms with Gasteiger partial charge in [0.25, 0.3) is 0 Å². The minimum atomic E-state index is -0.460. The summed E-state index contributed by atoms with van der Waals surface area (Å²) in [6.45, 7) is 6.25. The number of halogens is 2. The number of nitrogens with zero attached hydrogens (tertiary/aromatic N) is 3. The maximum Gasteiger partial charge on any atom is 0.237 e. The van der Waals surface area contributed by atoms with Gasteiger partial charge in [-0.15, -0.1) is 10.2 Å². The normalized spacial score (nSPS) is 12.2. The summed E-state index contributed by atoms with van der Waals surface area (Å²) in [4.78, 5) is 12.5. The lowest BCUT2D eigenvalue weighted by Gasteiger charge is -2.13. The average molecular weight is 409 g/mol. The first-order chi connectivity index (χ1) is 12.9. The second-order valence-electron chi connectivity index (χ2n) is 5.81. The number of carbonyl (C=O) groups is 1. The van der Waals surface area contributed by atoms with Gasteiger partial charge in [0.2, 0.25) is 5.91 Å². The zero-order chi connectivity index (χ0) is 19.6. The molecule has 3 rings (SSSR count). The summed E-state index contributed by atoms with van der Waals surface area (Å²) in [7, 11) is 0. The Bertz CT molecular complexity index is 972. The third-order valence-electron chi connectivity index (χ3n) is 3.97. The summed E-state index contributed by atoms with van der Waals surface area (Å²) in [6, 6.07) is 5.67. The van der Waals surface area contributed by atoms with Gasteiger partial charge < -0.3 is 14.3 Å². The van der Waals surface area contributed by atoms with Crippen LogP contribution in [0.25, 0.3) is 11.4 Å². The summed E-state index contributed by atoms with van der Waals surface area (Å²) in [5, 5.41) is 11.5. The fraction of sp³-hybridized carbons (Fsp3) is 0.278. The Morgan fingerprint density at radius 1 is 1.41 bits per heavy atom. The predicted octanol–water partition coefficient (Wildman–Crippen LogP) is 4.78. The fourth-order valence-electron chi connectivity index (χ4n) is 2.51. The number of carbonyl (C=O) groups excluding carboxylic acids is 1. The van der Waals surface area contributed by atoms with Crippen LogP contribution in [0.1, 0.15) is 19.6 Å². The molecule has 0 radical (unpaired) electrons. The van der Waals surface area contributed by atoms with Crippen molar-refractivity contribution in [2.45, 2.75) is 37.7 Å². The Balaban J connectivity index is 1.76. The standard InChI is InChI=1S/C18H18ClFN4O2S/c1-4-24-16(13-7-8-26-10(13)2)22-23-18(24)27-11(3)17(25)21-15-6-5-12(20)9-14(15)19/h5-9,11H,4H2,1-3H3,(H,21,25)/t11-/m0/s1. The summed E-state index contributed by atoms with van der Waals surface area (Å²) >= 11 is 7.25. The van der Waals surface area contributed by atoms with Crippen LogP contribution in [0, 0.1) is 12.7 Å². The summed E-state index contributed by atoms with van der Waals surface area (Å²) in [6.07, 6.45) is 1.61. The molecular formula is C18H18ClFN4O2S. The number of benzene rings is 1. The van der Waals surface area contributed by atoms with Crippen molar-refractivity contribution in [2.24, 2.45) is 0 Å². The third-order valence-corrected chi connectivity index (χ3v) is 5.37. The molecule has 0 saturated heterocycles. The third kappa shape index (κ3) is 4.17. The van der Waals surface area contributed by atoms with Crippen LogP contribution in [0.5, 0.6) is 0 Å². The lowest BCUT2D eigenvalue weighted by molar-refractivity contribution is -0.115. The number of anilines is 1. The van der Waals surface area contributed by atoms with E-state index in [-0.39, 0.29) is 10.9 Å². The highest BCUT2D eigenvalue weighted by molar-refractivity contribution is 8.00. The van der Waals surface area contributed by atoms with Crippen molar-refractivity contribution < 1.29 is 13.6 Å². The second kappa shape index (κ2) is 8.14. The Morgan fingerprint density at radius 3 is 2.81 bits per heavy atom. The van der Waals surface area contributed by atoms with Gasteiger partial charge in [0.15, 0.2) is 11.0 Å². The molecule has 0 bridgehead atoms. The van der Waals surface area contributed by atoms with Gasteiger partial charge in [0.1, 0.15) is 11.6 Å². The van der Waals surface area contributed by atoms with E-state index in [1.165, 1.54) is 23.9 Å². The van der Waals surface area contributed by atoms with Crippen molar-refractivity contribution in [2.75, 3.05) is 5.32 Å². The Morgan fingerprint density at radius 2 is 2.19 bits per heavy atom. The van der Waals surface area contributed by atoms with Crippen LogP contribution < -0.4 is 5.32 Å². The molecule has 9 heteroatoms. The number of nitrogens with one attached hydrogen (secondary N) is 1. The average Bonchev–Trinajstić information content (AvgIpc) is 3.22. The fourth-order valence-corrected chi connectivity index (χ4v) is 3.64. The number of aryl methyl sites for hydroxylation is 1. The van der Waals surface area contributed by atoms with Crippen LogP contribution in [-0.2, 0) is 11.3 Å². The first kappa shape index (κ1) is 19.4. The van der Waals surface area contributed by atoms with E-state index in [1.807, 2.05) is 24.5 Å². The molecule has 2 heterocycles. The number of amides is 1. The Labute approximate surface area is 165 Å². The number of rotatable bonds is 6. The summed E-state index contributed by atoms with van der Waals surface area (Å²) < 4.78 is 20.4. The minimum absolute atomic E-state index is 0.148. The molecule has 0 spiro atoms. The topological polar surface area (TPSA) is 73.0 Å². The van der Waals surface area contributed by atoms with Crippen LogP contribution in [0.3, 0.4) is 0 Å². The van der Waals surface area contributed by atoms with Crippen LogP contribution in [0.15, 0.2) is 40.1 Å². The van der Waals surface area contributed by atoms with Gasteiger partial charge in [-0.25, -0.2) is 4.39 Å². The molecule has 3 aromatic rings. The molecule has 1 atom stereocenters. The number of hydrogen-bond donors (Lipinski definition) is 1. The number of aromatic nitrogens is 3. The molecule has 1 N–H and O–H groups in total. The molecule has 0 aliphatic carbocycles. The molecule has 2 aromatic heterocycles. The lowest BCUT2D eigenvalue weighted by Crippen LogP contribution is -2.23. The maximum absolute atomic E-state index is 13.1. The van der Waals surface area contributed by atoms with Gasteiger partial charge in [-0.2, -0.15) is 0 Å². The van der Waals surface area contributed by atoms with Crippen molar-refractivity contribution in [1.82, 2.24) is 14.8 Å². The van der Waals surface area contributed by atoms with Gasteiger partial charge in [-0.3, -0.25) is 4.79 Å². The Hall–Kier alpha value is -2.32. The quantitative estimate of drug-likeness (QED) is 0.594. The summed E-state index contributed by atoms with van der Waals surface area (Å²) in [5.74, 6) is 0.726. The molecule has 1 amide bonds. The minimum Gasteiger partial charge on any atom is -0.469 e. The first-order valence-electron chi connectivity index (χ1n) is 8.31. The Kier molecular flexibility index (Phi) is 5.86. The molecule has 27 heavy (non-hydrogen) atoms. The van der Waals surface area contributed by atoms with E-state index in [0.717, 1.165) is 17.4 Å². The molecule has 0 aliphatic rings. The molecule has 0 fully saturated rings. The van der Waals surface area contributed by atoms with Crippen molar-refractivity contribution in [3.8, 4) is 11.4 Å². The second-order valence-corrected chi connectivity index (χ2v) is 7.53. The lowest BCUT2D eigenvalue weighted by atomic mass is 10.2. The zero-order valence-electron chi connectivity index (χ0n) is 15.0. The van der Waals surface area contributed by atoms with E-state index in [9.17, 15) is 9.18 Å². The van der Waals surface area contributed by atoms with E-state index in [0.29, 0.717) is 23.2 Å². The number of thioether (sulfide) groups is 1. The van der Waals surface area contributed by atoms with Crippen molar-refractivity contribution in [3.05, 3.63) is 47.1 Å². The SMILES string of the molecule is CCn1c(S[C@@H](C)C(=O)Nc2ccc(F)cc2Cl)nnc1-c1ccoc1C. The van der Waals surface area contributed by atoms with Crippen LogP contribution in [0.4, 0.5) is 10.1 Å². The van der Waals surface area contributed by atoms with Crippen LogP contribution >= 0.6 is 23.4 Å². The van der Waals surface area contributed by atoms with E-state index in [2.05, 4.69) is 15.5 Å². The van der Waals surface area contributed by atoms with E-state index < -0.39 is 11.1 Å². The molecule has 0 saturated carbocycles. The van der Waals surface area contributed by atoms with Gasteiger partial charge in [0, 0.05) is 6.54 Å². The largest absolute Gasteiger partial charge is 0.469 e. The molecule has 142 valence electrons. The predicted molar refractivity (Wildman–Crippen MR) is 103 cm³/mol.